The van der Waals surface area contributed by atoms with E-state index in [4.69, 9.17) is 0 Å². The van der Waals surface area contributed by atoms with Crippen molar-refractivity contribution in [3.63, 3.8) is 0 Å². The van der Waals surface area contributed by atoms with E-state index >= 15 is 0 Å². The number of carbonyl (C=O) groups excluding carboxylic acids is 2. The summed E-state index contributed by atoms with van der Waals surface area (Å²) in [5, 5.41) is 0. The van der Waals surface area contributed by atoms with Crippen LogP contribution in [0.25, 0.3) is 0 Å². The Morgan fingerprint density at radius 3 is 1.48 bits per heavy atom. The fourth-order valence-electron chi connectivity index (χ4n) is 3.26. The Labute approximate surface area is 168 Å². The second-order valence-electron chi connectivity index (χ2n) is 7.71. The van der Waals surface area contributed by atoms with Crippen LogP contribution < -0.4 is 0 Å². The monoisotopic (exact) mass is 380 g/mol. The highest BCUT2D eigenvalue weighted by Gasteiger charge is 2.04. The average molecular weight is 381 g/mol. The minimum absolute atomic E-state index is 0.367. The Balaban J connectivity index is 3.15. The molecule has 0 aromatic heterocycles. The summed E-state index contributed by atoms with van der Waals surface area (Å²) >= 11 is 0. The molecular formula is C24H44O3. The summed E-state index contributed by atoms with van der Waals surface area (Å²) in [5.41, 5.74) is 0. The molecule has 0 bridgehead atoms. The number of hydrogen-bond acceptors (Lipinski definition) is 3. The number of rotatable bonds is 19. The van der Waals surface area contributed by atoms with E-state index in [1.54, 1.807) is 0 Å². The standard InChI is InChI=1S/C24H44O3/c1-3-4-5-6-7-8-9-10-11-12-13-14-15-16-17-18-19-20-21-22-24(26)27-23(2)25/h10-11H,3-9,12-22H2,1-2H3. The summed E-state index contributed by atoms with van der Waals surface area (Å²) in [4.78, 5) is 21.8. The third-order valence-corrected chi connectivity index (χ3v) is 4.90. The van der Waals surface area contributed by atoms with Gasteiger partial charge in [0.25, 0.3) is 0 Å². The number of hydrogen-bond donors (Lipinski definition) is 0. The van der Waals surface area contributed by atoms with Gasteiger partial charge in [-0.05, 0) is 32.1 Å². The van der Waals surface area contributed by atoms with Gasteiger partial charge in [0.2, 0.25) is 0 Å². The predicted molar refractivity (Wildman–Crippen MR) is 115 cm³/mol. The molecule has 0 heterocycles. The SMILES string of the molecule is CCCCCCCCC=CCCCCCCCCCCCC(=O)OC(C)=O. The summed E-state index contributed by atoms with van der Waals surface area (Å²) < 4.78 is 4.50. The van der Waals surface area contributed by atoms with Crippen LogP contribution in [0.5, 0.6) is 0 Å². The third-order valence-electron chi connectivity index (χ3n) is 4.90. The zero-order valence-electron chi connectivity index (χ0n) is 18.1. The fraction of sp³-hybridized carbons (Fsp3) is 0.833. The highest BCUT2D eigenvalue weighted by molar-refractivity contribution is 5.83. The molecule has 0 radical (unpaired) electrons. The van der Waals surface area contributed by atoms with Crippen molar-refractivity contribution in [3.05, 3.63) is 12.2 Å². The van der Waals surface area contributed by atoms with Crippen molar-refractivity contribution in [1.29, 1.82) is 0 Å². The number of esters is 2. The smallest absolute Gasteiger partial charge is 0.313 e. The molecule has 0 aliphatic heterocycles. The molecule has 3 nitrogen and oxygen atoms in total. The summed E-state index contributed by atoms with van der Waals surface area (Å²) in [5.74, 6) is -0.892. The molecule has 0 aliphatic rings. The maximum atomic E-state index is 11.2. The van der Waals surface area contributed by atoms with E-state index < -0.39 is 5.97 Å². The summed E-state index contributed by atoms with van der Waals surface area (Å²) in [6.45, 7) is 3.54. The summed E-state index contributed by atoms with van der Waals surface area (Å²) in [6.07, 6.45) is 26.9. The van der Waals surface area contributed by atoms with Crippen molar-refractivity contribution in [3.8, 4) is 0 Å². The molecule has 0 rings (SSSR count). The molecule has 0 aliphatic carbocycles. The predicted octanol–water partition coefficient (Wildman–Crippen LogP) is 7.67. The van der Waals surface area contributed by atoms with Crippen molar-refractivity contribution in [1.82, 2.24) is 0 Å². The lowest BCUT2D eigenvalue weighted by molar-refractivity contribution is -0.158. The molecule has 0 saturated heterocycles. The average Bonchev–Trinajstić information content (AvgIpc) is 2.63. The quantitative estimate of drug-likeness (QED) is 0.0999. The Morgan fingerprint density at radius 1 is 0.630 bits per heavy atom. The van der Waals surface area contributed by atoms with Crippen molar-refractivity contribution in [2.75, 3.05) is 0 Å². The topological polar surface area (TPSA) is 43.4 Å². The third kappa shape index (κ3) is 22.8. The molecule has 0 N–H and O–H groups in total. The van der Waals surface area contributed by atoms with Gasteiger partial charge in [0.05, 0.1) is 0 Å². The largest absolute Gasteiger partial charge is 0.393 e. The zero-order valence-corrected chi connectivity index (χ0v) is 18.1. The number of ether oxygens (including phenoxy) is 1. The van der Waals surface area contributed by atoms with Crippen LogP contribution in [-0.2, 0) is 14.3 Å². The Morgan fingerprint density at radius 2 is 1.04 bits per heavy atom. The van der Waals surface area contributed by atoms with E-state index in [2.05, 4.69) is 23.8 Å². The van der Waals surface area contributed by atoms with Gasteiger partial charge >= 0.3 is 11.9 Å². The lowest BCUT2D eigenvalue weighted by atomic mass is 10.1. The lowest BCUT2D eigenvalue weighted by Crippen LogP contribution is -2.08. The van der Waals surface area contributed by atoms with Gasteiger partial charge in [0, 0.05) is 13.3 Å². The minimum atomic E-state index is -0.506. The zero-order chi connectivity index (χ0) is 20.0. The van der Waals surface area contributed by atoms with Gasteiger partial charge in [0.15, 0.2) is 0 Å². The van der Waals surface area contributed by atoms with Gasteiger partial charge in [0.1, 0.15) is 0 Å². The maximum absolute atomic E-state index is 11.2. The van der Waals surface area contributed by atoms with Gasteiger partial charge in [-0.1, -0.05) is 96.1 Å². The van der Waals surface area contributed by atoms with E-state index in [9.17, 15) is 9.59 Å². The first-order valence-electron chi connectivity index (χ1n) is 11.5. The van der Waals surface area contributed by atoms with E-state index in [0.29, 0.717) is 6.42 Å². The Hall–Kier alpha value is -1.12. The fourth-order valence-corrected chi connectivity index (χ4v) is 3.26. The summed E-state index contributed by atoms with van der Waals surface area (Å²) in [6, 6.07) is 0. The van der Waals surface area contributed by atoms with Crippen LogP contribution in [0.1, 0.15) is 129 Å². The van der Waals surface area contributed by atoms with Gasteiger partial charge in [-0.3, -0.25) is 9.59 Å². The van der Waals surface area contributed by atoms with Crippen LogP contribution in [-0.4, -0.2) is 11.9 Å². The normalized spacial score (nSPS) is 11.2. The first-order valence-corrected chi connectivity index (χ1v) is 11.5. The molecule has 0 spiro atoms. The van der Waals surface area contributed by atoms with Crippen LogP contribution in [0.2, 0.25) is 0 Å². The van der Waals surface area contributed by atoms with E-state index in [0.717, 1.165) is 12.8 Å². The highest BCUT2D eigenvalue weighted by Crippen LogP contribution is 2.12. The van der Waals surface area contributed by atoms with Gasteiger partial charge in [-0.15, -0.1) is 0 Å². The van der Waals surface area contributed by atoms with E-state index in [1.165, 1.54) is 103 Å². The molecular weight excluding hydrogens is 336 g/mol. The van der Waals surface area contributed by atoms with Gasteiger partial charge in [-0.2, -0.15) is 0 Å². The van der Waals surface area contributed by atoms with Crippen molar-refractivity contribution in [2.45, 2.75) is 129 Å². The maximum Gasteiger partial charge on any atom is 0.313 e. The van der Waals surface area contributed by atoms with Crippen molar-refractivity contribution >= 4 is 11.9 Å². The molecule has 0 aromatic rings. The van der Waals surface area contributed by atoms with Crippen LogP contribution in [0.15, 0.2) is 12.2 Å². The van der Waals surface area contributed by atoms with E-state index in [-0.39, 0.29) is 5.97 Å². The molecule has 0 atom stereocenters. The van der Waals surface area contributed by atoms with Crippen LogP contribution >= 0.6 is 0 Å². The molecule has 0 amide bonds. The molecule has 3 heteroatoms. The molecule has 27 heavy (non-hydrogen) atoms. The molecule has 0 fully saturated rings. The second kappa shape index (κ2) is 21.2. The Kier molecular flexibility index (Phi) is 20.3. The van der Waals surface area contributed by atoms with Crippen molar-refractivity contribution < 1.29 is 14.3 Å². The number of allylic oxidation sites excluding steroid dienone is 2. The highest BCUT2D eigenvalue weighted by atomic mass is 16.6. The summed E-state index contributed by atoms with van der Waals surface area (Å²) in [7, 11) is 0. The van der Waals surface area contributed by atoms with E-state index in [1.807, 2.05) is 0 Å². The first kappa shape index (κ1) is 25.9. The molecule has 0 unspecified atom stereocenters. The number of unbranched alkanes of at least 4 members (excludes halogenated alkanes) is 15. The lowest BCUT2D eigenvalue weighted by Gasteiger charge is -2.02. The molecule has 158 valence electrons. The van der Waals surface area contributed by atoms with Crippen LogP contribution in [0, 0.1) is 0 Å². The second-order valence-corrected chi connectivity index (χ2v) is 7.71. The van der Waals surface area contributed by atoms with Crippen molar-refractivity contribution in [2.24, 2.45) is 0 Å². The number of carbonyl (C=O) groups is 2. The molecule has 0 saturated carbocycles. The van der Waals surface area contributed by atoms with Gasteiger partial charge in [-0.25, -0.2) is 0 Å². The van der Waals surface area contributed by atoms with Crippen LogP contribution in [0.3, 0.4) is 0 Å². The first-order chi connectivity index (χ1) is 13.2. The minimum Gasteiger partial charge on any atom is -0.393 e. The van der Waals surface area contributed by atoms with Crippen LogP contribution in [0.4, 0.5) is 0 Å². The molecule has 0 aromatic carbocycles. The van der Waals surface area contributed by atoms with Gasteiger partial charge < -0.3 is 4.74 Å². The Bertz CT molecular complexity index is 374.